The Bertz CT molecular complexity index is 822. The predicted molar refractivity (Wildman–Crippen MR) is 87.5 cm³/mol. The largest absolute Gasteiger partial charge is 0.459 e. The van der Waals surface area contributed by atoms with Gasteiger partial charge < -0.3 is 19.5 Å². The molecule has 0 aliphatic heterocycles. The van der Waals surface area contributed by atoms with E-state index in [1.165, 1.54) is 6.26 Å². The molecule has 7 heteroatoms. The molecule has 0 saturated carbocycles. The predicted octanol–water partition coefficient (Wildman–Crippen LogP) is 4.14. The molecule has 2 amide bonds. The Labute approximate surface area is 139 Å². The third-order valence-electron chi connectivity index (χ3n) is 2.94. The molecule has 23 heavy (non-hydrogen) atoms. The fraction of sp³-hybridized carbons (Fsp3) is 0. The number of rotatable bonds is 4. The van der Waals surface area contributed by atoms with Crippen LogP contribution in [0.2, 0.25) is 0 Å². The van der Waals surface area contributed by atoms with E-state index in [4.69, 9.17) is 8.83 Å². The number of nitrogens with one attached hydrogen (secondary N) is 2. The summed E-state index contributed by atoms with van der Waals surface area (Å²) in [5.74, 6) is -0.270. The summed E-state index contributed by atoms with van der Waals surface area (Å²) in [6, 6.07) is 13.1. The van der Waals surface area contributed by atoms with Gasteiger partial charge in [-0.1, -0.05) is 0 Å². The van der Waals surface area contributed by atoms with Crippen LogP contribution in [0.3, 0.4) is 0 Å². The summed E-state index contributed by atoms with van der Waals surface area (Å²) in [6.07, 6.45) is 1.43. The maximum absolute atomic E-state index is 11.9. The molecule has 3 aromatic rings. The standard InChI is InChI=1S/C16H11BrN2O4/c17-14-8-7-13(23-14)16(21)19-11-5-3-10(4-6-11)18-15(20)12-2-1-9-22-12/h1-9H,(H,18,20)(H,19,21). The number of amides is 2. The average Bonchev–Trinajstić information content (AvgIpc) is 3.20. The molecule has 0 unspecified atom stereocenters. The van der Waals surface area contributed by atoms with Crippen LogP contribution in [0.1, 0.15) is 21.1 Å². The van der Waals surface area contributed by atoms with E-state index in [1.807, 2.05) is 0 Å². The molecule has 2 aromatic heterocycles. The molecule has 116 valence electrons. The van der Waals surface area contributed by atoms with E-state index in [0.717, 1.165) is 0 Å². The number of anilines is 2. The maximum atomic E-state index is 11.9. The lowest BCUT2D eigenvalue weighted by Gasteiger charge is -2.06. The third-order valence-corrected chi connectivity index (χ3v) is 3.37. The highest BCUT2D eigenvalue weighted by Gasteiger charge is 2.11. The topological polar surface area (TPSA) is 84.5 Å². The van der Waals surface area contributed by atoms with Crippen LogP contribution >= 0.6 is 15.9 Å². The van der Waals surface area contributed by atoms with Crippen LogP contribution in [0.15, 0.2) is 68.3 Å². The Morgan fingerprint density at radius 2 is 1.43 bits per heavy atom. The van der Waals surface area contributed by atoms with Crippen molar-refractivity contribution in [2.45, 2.75) is 0 Å². The maximum Gasteiger partial charge on any atom is 0.291 e. The summed E-state index contributed by atoms with van der Waals surface area (Å²) < 4.78 is 10.7. The molecule has 6 nitrogen and oxygen atoms in total. The highest BCUT2D eigenvalue weighted by Crippen LogP contribution is 2.18. The van der Waals surface area contributed by atoms with Crippen LogP contribution in [0.5, 0.6) is 0 Å². The molecule has 0 aliphatic carbocycles. The lowest BCUT2D eigenvalue weighted by molar-refractivity contribution is 0.0988. The molecule has 0 saturated heterocycles. The molecule has 0 spiro atoms. The van der Waals surface area contributed by atoms with Crippen LogP contribution < -0.4 is 10.6 Å². The van der Waals surface area contributed by atoms with Crippen molar-refractivity contribution in [3.63, 3.8) is 0 Å². The number of carbonyl (C=O) groups excluding carboxylic acids is 2. The lowest BCUT2D eigenvalue weighted by atomic mass is 10.2. The first-order valence-electron chi connectivity index (χ1n) is 6.63. The normalized spacial score (nSPS) is 10.3. The molecule has 0 bridgehead atoms. The Kier molecular flexibility index (Phi) is 4.29. The Hall–Kier alpha value is -2.80. The molecule has 0 fully saturated rings. The summed E-state index contributed by atoms with van der Waals surface area (Å²) in [4.78, 5) is 23.8. The van der Waals surface area contributed by atoms with Gasteiger partial charge in [0.05, 0.1) is 6.26 Å². The van der Waals surface area contributed by atoms with Gasteiger partial charge in [0.25, 0.3) is 11.8 Å². The number of carbonyl (C=O) groups is 2. The van der Waals surface area contributed by atoms with Crippen molar-refractivity contribution in [2.75, 3.05) is 10.6 Å². The van der Waals surface area contributed by atoms with Gasteiger partial charge in [0, 0.05) is 11.4 Å². The van der Waals surface area contributed by atoms with Crippen LogP contribution in [0.4, 0.5) is 11.4 Å². The molecule has 0 aliphatic rings. The number of hydrogen-bond donors (Lipinski definition) is 2. The van der Waals surface area contributed by atoms with Crippen molar-refractivity contribution in [1.82, 2.24) is 0 Å². The zero-order valence-electron chi connectivity index (χ0n) is 11.7. The minimum atomic E-state index is -0.358. The first-order valence-corrected chi connectivity index (χ1v) is 7.43. The highest BCUT2D eigenvalue weighted by molar-refractivity contribution is 9.10. The van der Waals surface area contributed by atoms with E-state index in [9.17, 15) is 9.59 Å². The van der Waals surface area contributed by atoms with Crippen LogP contribution in [0, 0.1) is 0 Å². The minimum absolute atomic E-state index is 0.201. The second kappa shape index (κ2) is 6.53. The zero-order chi connectivity index (χ0) is 16.2. The van der Waals surface area contributed by atoms with Crippen molar-refractivity contribution in [1.29, 1.82) is 0 Å². The number of halogens is 1. The van der Waals surface area contributed by atoms with Crippen molar-refractivity contribution >= 4 is 39.1 Å². The van der Waals surface area contributed by atoms with E-state index in [0.29, 0.717) is 16.0 Å². The van der Waals surface area contributed by atoms with Crippen molar-refractivity contribution in [3.8, 4) is 0 Å². The van der Waals surface area contributed by atoms with Gasteiger partial charge in [0.1, 0.15) is 0 Å². The lowest BCUT2D eigenvalue weighted by Crippen LogP contribution is -2.12. The molecular weight excluding hydrogens is 364 g/mol. The number of hydrogen-bond acceptors (Lipinski definition) is 4. The van der Waals surface area contributed by atoms with Gasteiger partial charge in [-0.25, -0.2) is 0 Å². The van der Waals surface area contributed by atoms with Gasteiger partial charge in [-0.2, -0.15) is 0 Å². The molecule has 2 N–H and O–H groups in total. The van der Waals surface area contributed by atoms with E-state index in [2.05, 4.69) is 26.6 Å². The van der Waals surface area contributed by atoms with Crippen LogP contribution in [-0.2, 0) is 0 Å². The molecular formula is C16H11BrN2O4. The number of benzene rings is 1. The van der Waals surface area contributed by atoms with Crippen molar-refractivity contribution < 1.29 is 18.4 Å². The molecule has 3 rings (SSSR count). The van der Waals surface area contributed by atoms with Gasteiger partial charge in [0.2, 0.25) is 0 Å². The minimum Gasteiger partial charge on any atom is -0.459 e. The Morgan fingerprint density at radius 1 is 0.826 bits per heavy atom. The summed E-state index contributed by atoms with van der Waals surface area (Å²) in [5, 5.41) is 5.38. The van der Waals surface area contributed by atoms with E-state index < -0.39 is 0 Å². The monoisotopic (exact) mass is 374 g/mol. The summed E-state index contributed by atoms with van der Waals surface area (Å²) >= 11 is 3.14. The van der Waals surface area contributed by atoms with Gasteiger partial charge in [0.15, 0.2) is 16.2 Å². The van der Waals surface area contributed by atoms with Crippen LogP contribution in [0.25, 0.3) is 0 Å². The SMILES string of the molecule is O=C(Nc1ccc(NC(=O)c2ccc(Br)o2)cc1)c1ccco1. The first kappa shape index (κ1) is 15.1. The van der Waals surface area contributed by atoms with Gasteiger partial charge >= 0.3 is 0 Å². The zero-order valence-corrected chi connectivity index (χ0v) is 13.3. The smallest absolute Gasteiger partial charge is 0.291 e. The molecule has 1 aromatic carbocycles. The third kappa shape index (κ3) is 3.70. The van der Waals surface area contributed by atoms with Crippen molar-refractivity contribution in [3.05, 3.63) is 71.0 Å². The van der Waals surface area contributed by atoms with E-state index >= 15 is 0 Å². The Balaban J connectivity index is 1.63. The molecule has 0 radical (unpaired) electrons. The quantitative estimate of drug-likeness (QED) is 0.718. The average molecular weight is 375 g/mol. The second-order valence-electron chi connectivity index (χ2n) is 4.57. The van der Waals surface area contributed by atoms with Crippen LogP contribution in [-0.4, -0.2) is 11.8 Å². The van der Waals surface area contributed by atoms with E-state index in [-0.39, 0.29) is 23.3 Å². The van der Waals surface area contributed by atoms with Gasteiger partial charge in [-0.15, -0.1) is 0 Å². The van der Waals surface area contributed by atoms with Gasteiger partial charge in [-0.05, 0) is 64.5 Å². The summed E-state index contributed by atoms with van der Waals surface area (Å²) in [7, 11) is 0. The molecule has 2 heterocycles. The second-order valence-corrected chi connectivity index (χ2v) is 5.35. The molecule has 0 atom stereocenters. The highest BCUT2D eigenvalue weighted by atomic mass is 79.9. The first-order chi connectivity index (χ1) is 11.1. The Morgan fingerprint density at radius 3 is 1.91 bits per heavy atom. The fourth-order valence-electron chi connectivity index (χ4n) is 1.87. The summed E-state index contributed by atoms with van der Waals surface area (Å²) in [5.41, 5.74) is 1.17. The van der Waals surface area contributed by atoms with Crippen molar-refractivity contribution in [2.24, 2.45) is 0 Å². The fourth-order valence-corrected chi connectivity index (χ4v) is 2.17. The van der Waals surface area contributed by atoms with E-state index in [1.54, 1.807) is 48.5 Å². The number of furan rings is 2. The van der Waals surface area contributed by atoms with Gasteiger partial charge in [-0.3, -0.25) is 9.59 Å². The summed E-state index contributed by atoms with van der Waals surface area (Å²) in [6.45, 7) is 0.